The fourth-order valence-electron chi connectivity index (χ4n) is 1.91. The predicted molar refractivity (Wildman–Crippen MR) is 79.2 cm³/mol. The van der Waals surface area contributed by atoms with Crippen LogP contribution in [0.1, 0.15) is 19.2 Å². The zero-order valence-corrected chi connectivity index (χ0v) is 12.5. The van der Waals surface area contributed by atoms with Crippen molar-refractivity contribution in [2.24, 2.45) is 0 Å². The number of aryl methyl sites for hydroxylation is 1. The first-order valence-electron chi connectivity index (χ1n) is 6.58. The van der Waals surface area contributed by atoms with Crippen LogP contribution in [0.2, 0.25) is 0 Å². The highest BCUT2D eigenvalue weighted by molar-refractivity contribution is 7.92. The second kappa shape index (κ2) is 6.41. The van der Waals surface area contributed by atoms with E-state index in [4.69, 9.17) is 5.26 Å². The average molecular weight is 304 g/mol. The summed E-state index contributed by atoms with van der Waals surface area (Å²) in [7, 11) is -3.75. The van der Waals surface area contributed by atoms with Crippen LogP contribution in [0.5, 0.6) is 0 Å². The number of hydrogen-bond donors (Lipinski definition) is 1. The standard InChI is InChI=1S/C14H16N4O2S/c1-2-13-16-11-14(17-13)21(19,20)18(10-6-9-15)12-7-4-3-5-8-12/h3-5,7-8,11H,2,6,10H2,1H3,(H,16,17). The molecule has 7 heteroatoms. The predicted octanol–water partition coefficient (Wildman–Crippen LogP) is 2.08. The van der Waals surface area contributed by atoms with Crippen molar-refractivity contribution >= 4 is 15.7 Å². The van der Waals surface area contributed by atoms with Gasteiger partial charge in [-0.15, -0.1) is 0 Å². The quantitative estimate of drug-likeness (QED) is 0.884. The lowest BCUT2D eigenvalue weighted by Crippen LogP contribution is -2.32. The van der Waals surface area contributed by atoms with E-state index in [2.05, 4.69) is 9.97 Å². The minimum Gasteiger partial charge on any atom is -0.332 e. The zero-order valence-electron chi connectivity index (χ0n) is 11.7. The summed E-state index contributed by atoms with van der Waals surface area (Å²) >= 11 is 0. The maximum Gasteiger partial charge on any atom is 0.281 e. The normalized spacial score (nSPS) is 11.0. The molecule has 0 aliphatic rings. The first-order valence-corrected chi connectivity index (χ1v) is 8.02. The smallest absolute Gasteiger partial charge is 0.281 e. The second-order valence-electron chi connectivity index (χ2n) is 4.37. The molecule has 0 fully saturated rings. The fraction of sp³-hybridized carbons (Fsp3) is 0.286. The SMILES string of the molecule is CCc1ncc(S(=O)(=O)N(CCC#N)c2ccccc2)[nH]1. The summed E-state index contributed by atoms with van der Waals surface area (Å²) in [6.45, 7) is 1.99. The Labute approximate surface area is 124 Å². The molecule has 0 saturated heterocycles. The van der Waals surface area contributed by atoms with Crippen LogP contribution in [0.3, 0.4) is 0 Å². The number of aromatic amines is 1. The Kier molecular flexibility index (Phi) is 4.60. The molecule has 1 aromatic heterocycles. The largest absolute Gasteiger partial charge is 0.332 e. The van der Waals surface area contributed by atoms with Crippen LogP contribution in [0.15, 0.2) is 41.6 Å². The van der Waals surface area contributed by atoms with Gasteiger partial charge in [-0.2, -0.15) is 13.7 Å². The average Bonchev–Trinajstić information content (AvgIpc) is 2.98. The van der Waals surface area contributed by atoms with E-state index in [9.17, 15) is 8.42 Å². The molecule has 0 bridgehead atoms. The molecule has 0 atom stereocenters. The summed E-state index contributed by atoms with van der Waals surface area (Å²) in [6.07, 6.45) is 2.05. The van der Waals surface area contributed by atoms with Crippen LogP contribution in [-0.4, -0.2) is 24.9 Å². The molecule has 0 saturated carbocycles. The molecule has 1 heterocycles. The number of hydrogen-bond acceptors (Lipinski definition) is 4. The number of imidazole rings is 1. The van der Waals surface area contributed by atoms with E-state index in [1.54, 1.807) is 24.3 Å². The zero-order chi connectivity index (χ0) is 15.3. The molecule has 21 heavy (non-hydrogen) atoms. The van der Waals surface area contributed by atoms with E-state index in [0.29, 0.717) is 17.9 Å². The summed E-state index contributed by atoms with van der Waals surface area (Å²) < 4.78 is 26.7. The number of nitrogens with zero attached hydrogens (tertiary/aromatic N) is 3. The van der Waals surface area contributed by atoms with E-state index >= 15 is 0 Å². The molecule has 110 valence electrons. The highest BCUT2D eigenvalue weighted by Crippen LogP contribution is 2.22. The van der Waals surface area contributed by atoms with E-state index in [1.807, 2.05) is 19.1 Å². The van der Waals surface area contributed by atoms with Crippen molar-refractivity contribution < 1.29 is 8.42 Å². The lowest BCUT2D eigenvalue weighted by atomic mass is 10.3. The number of nitrogens with one attached hydrogen (secondary N) is 1. The Morgan fingerprint density at radius 1 is 1.33 bits per heavy atom. The van der Waals surface area contributed by atoms with Crippen molar-refractivity contribution in [3.05, 3.63) is 42.4 Å². The molecule has 1 N–H and O–H groups in total. The number of para-hydroxylation sites is 1. The Hall–Kier alpha value is -2.33. The lowest BCUT2D eigenvalue weighted by Gasteiger charge is -2.22. The van der Waals surface area contributed by atoms with E-state index in [1.165, 1.54) is 10.5 Å². The number of nitriles is 1. The molecule has 0 unspecified atom stereocenters. The highest BCUT2D eigenvalue weighted by atomic mass is 32.2. The Balaban J connectivity index is 2.42. The molecule has 0 amide bonds. The Morgan fingerprint density at radius 2 is 2.05 bits per heavy atom. The van der Waals surface area contributed by atoms with Crippen molar-refractivity contribution in [2.75, 3.05) is 10.8 Å². The monoisotopic (exact) mass is 304 g/mol. The maximum absolute atomic E-state index is 12.7. The van der Waals surface area contributed by atoms with Gasteiger partial charge < -0.3 is 4.98 Å². The van der Waals surface area contributed by atoms with Crippen LogP contribution in [-0.2, 0) is 16.4 Å². The van der Waals surface area contributed by atoms with Gasteiger partial charge in [-0.25, -0.2) is 4.98 Å². The van der Waals surface area contributed by atoms with Crippen LogP contribution >= 0.6 is 0 Å². The van der Waals surface area contributed by atoms with E-state index in [-0.39, 0.29) is 18.0 Å². The van der Waals surface area contributed by atoms with Gasteiger partial charge in [0.1, 0.15) is 5.82 Å². The number of H-pyrrole nitrogens is 1. The third-order valence-corrected chi connectivity index (χ3v) is 4.72. The summed E-state index contributed by atoms with van der Waals surface area (Å²) in [6, 6.07) is 10.7. The van der Waals surface area contributed by atoms with Crippen molar-refractivity contribution in [3.63, 3.8) is 0 Å². The van der Waals surface area contributed by atoms with Crippen molar-refractivity contribution in [1.82, 2.24) is 9.97 Å². The van der Waals surface area contributed by atoms with Crippen LogP contribution < -0.4 is 4.31 Å². The van der Waals surface area contributed by atoms with E-state index < -0.39 is 10.0 Å². The Morgan fingerprint density at radius 3 is 2.62 bits per heavy atom. The molecule has 0 aliphatic heterocycles. The third kappa shape index (κ3) is 3.23. The second-order valence-corrected chi connectivity index (χ2v) is 6.20. The van der Waals surface area contributed by atoms with Gasteiger partial charge in [0, 0.05) is 13.0 Å². The van der Waals surface area contributed by atoms with Crippen LogP contribution in [0.25, 0.3) is 0 Å². The molecule has 0 spiro atoms. The molecule has 0 radical (unpaired) electrons. The summed E-state index contributed by atoms with van der Waals surface area (Å²) in [5.74, 6) is 0.613. The summed E-state index contributed by atoms with van der Waals surface area (Å²) in [4.78, 5) is 6.84. The third-order valence-electron chi connectivity index (χ3n) is 2.98. The molecule has 2 rings (SSSR count). The van der Waals surface area contributed by atoms with Crippen LogP contribution in [0.4, 0.5) is 5.69 Å². The minimum atomic E-state index is -3.75. The first kappa shape index (κ1) is 15.1. The van der Waals surface area contributed by atoms with E-state index in [0.717, 1.165) is 0 Å². The highest BCUT2D eigenvalue weighted by Gasteiger charge is 2.26. The Bertz CT molecular complexity index is 732. The van der Waals surface area contributed by atoms with Crippen LogP contribution in [0, 0.1) is 11.3 Å². The van der Waals surface area contributed by atoms with Gasteiger partial charge in [0.05, 0.1) is 24.4 Å². The number of benzene rings is 1. The molecule has 6 nitrogen and oxygen atoms in total. The van der Waals surface area contributed by atoms with Gasteiger partial charge in [-0.3, -0.25) is 4.31 Å². The maximum atomic E-state index is 12.7. The van der Waals surface area contributed by atoms with Crippen molar-refractivity contribution in [1.29, 1.82) is 5.26 Å². The minimum absolute atomic E-state index is 0.0427. The molecular weight excluding hydrogens is 288 g/mol. The van der Waals surface area contributed by atoms with Gasteiger partial charge in [0.15, 0.2) is 5.03 Å². The molecule has 2 aromatic rings. The van der Waals surface area contributed by atoms with Gasteiger partial charge in [0.25, 0.3) is 10.0 Å². The first-order chi connectivity index (χ1) is 10.1. The number of rotatable bonds is 6. The van der Waals surface area contributed by atoms with Gasteiger partial charge in [-0.1, -0.05) is 25.1 Å². The number of aromatic nitrogens is 2. The van der Waals surface area contributed by atoms with Crippen molar-refractivity contribution in [3.8, 4) is 6.07 Å². The molecular formula is C14H16N4O2S. The summed E-state index contributed by atoms with van der Waals surface area (Å²) in [5, 5.41) is 8.79. The van der Waals surface area contributed by atoms with Crippen molar-refractivity contribution in [2.45, 2.75) is 24.8 Å². The van der Waals surface area contributed by atoms with Gasteiger partial charge in [-0.05, 0) is 12.1 Å². The summed E-state index contributed by atoms with van der Waals surface area (Å²) in [5.41, 5.74) is 0.528. The molecule has 1 aromatic carbocycles. The van der Waals surface area contributed by atoms with Gasteiger partial charge in [0.2, 0.25) is 0 Å². The fourth-order valence-corrected chi connectivity index (χ4v) is 3.31. The van der Waals surface area contributed by atoms with Gasteiger partial charge >= 0.3 is 0 Å². The number of anilines is 1. The number of sulfonamides is 1. The molecule has 0 aliphatic carbocycles. The lowest BCUT2D eigenvalue weighted by molar-refractivity contribution is 0.587. The topological polar surface area (TPSA) is 89.8 Å².